The van der Waals surface area contributed by atoms with Gasteiger partial charge in [-0.3, -0.25) is 4.98 Å². The molecule has 0 spiro atoms. The first-order valence-corrected chi connectivity index (χ1v) is 7.81. The highest BCUT2D eigenvalue weighted by Gasteiger charge is 2.20. The summed E-state index contributed by atoms with van der Waals surface area (Å²) in [6.07, 6.45) is 8.78. The number of nitrogens with zero attached hydrogens (tertiary/aromatic N) is 3. The van der Waals surface area contributed by atoms with E-state index in [1.807, 2.05) is 18.5 Å². The average Bonchev–Trinajstić information content (AvgIpc) is 3.02. The van der Waals surface area contributed by atoms with Gasteiger partial charge in [-0.05, 0) is 38.3 Å². The summed E-state index contributed by atoms with van der Waals surface area (Å²) in [4.78, 5) is 13.7. The fourth-order valence-corrected chi connectivity index (χ4v) is 2.99. The van der Waals surface area contributed by atoms with E-state index < -0.39 is 0 Å². The van der Waals surface area contributed by atoms with Gasteiger partial charge in [-0.1, -0.05) is 12.8 Å². The van der Waals surface area contributed by atoms with E-state index in [-0.39, 0.29) is 0 Å². The van der Waals surface area contributed by atoms with E-state index in [0.717, 1.165) is 29.3 Å². The molecule has 0 aromatic carbocycles. The molecule has 1 N–H and O–H groups in total. The number of rotatable bonds is 4. The fraction of sp³-hybridized carbons (Fsp3) is 0.471. The van der Waals surface area contributed by atoms with E-state index in [0.29, 0.717) is 5.92 Å². The van der Waals surface area contributed by atoms with Gasteiger partial charge in [0.25, 0.3) is 0 Å². The smallest absolute Gasteiger partial charge is 0.163 e. The first kappa shape index (κ1) is 14.0. The number of hydrogen-bond acceptors (Lipinski definition) is 4. The lowest BCUT2D eigenvalue weighted by molar-refractivity contribution is 0.695. The van der Waals surface area contributed by atoms with Crippen molar-refractivity contribution in [3.05, 3.63) is 35.8 Å². The lowest BCUT2D eigenvalue weighted by Gasteiger charge is -2.13. The molecule has 0 aliphatic heterocycles. The lowest BCUT2D eigenvalue weighted by atomic mass is 10.0. The second-order valence-electron chi connectivity index (χ2n) is 5.70. The van der Waals surface area contributed by atoms with Gasteiger partial charge in [0.05, 0.1) is 0 Å². The molecule has 21 heavy (non-hydrogen) atoms. The molecule has 110 valence electrons. The van der Waals surface area contributed by atoms with Crippen LogP contribution in [0.3, 0.4) is 0 Å². The Morgan fingerprint density at radius 1 is 1.24 bits per heavy atom. The summed E-state index contributed by atoms with van der Waals surface area (Å²) >= 11 is 0. The van der Waals surface area contributed by atoms with Crippen molar-refractivity contribution in [1.82, 2.24) is 15.0 Å². The molecule has 1 fully saturated rings. The predicted octanol–water partition coefficient (Wildman–Crippen LogP) is 3.94. The summed E-state index contributed by atoms with van der Waals surface area (Å²) in [5.41, 5.74) is 3.37. The van der Waals surface area contributed by atoms with Gasteiger partial charge >= 0.3 is 0 Å². The molecule has 3 rings (SSSR count). The summed E-state index contributed by atoms with van der Waals surface area (Å²) in [6, 6.07) is 4.13. The van der Waals surface area contributed by atoms with Gasteiger partial charge in [-0.15, -0.1) is 0 Å². The standard InChI is InChI=1S/C17H22N4/c1-3-19-16-10-15(13-6-4-5-7-13)20-17(21-16)14-11-18-9-8-12(14)2/h8-11,13H,3-7H2,1-2H3,(H,19,20,21). The summed E-state index contributed by atoms with van der Waals surface area (Å²) in [6.45, 7) is 5.04. The number of nitrogens with one attached hydrogen (secondary N) is 1. The highest BCUT2D eigenvalue weighted by Crippen LogP contribution is 2.34. The van der Waals surface area contributed by atoms with Crippen molar-refractivity contribution in [2.45, 2.75) is 45.4 Å². The summed E-state index contributed by atoms with van der Waals surface area (Å²) in [5.74, 6) is 2.30. The third-order valence-electron chi connectivity index (χ3n) is 4.16. The number of aryl methyl sites for hydroxylation is 1. The Labute approximate surface area is 126 Å². The second-order valence-corrected chi connectivity index (χ2v) is 5.70. The van der Waals surface area contributed by atoms with E-state index in [4.69, 9.17) is 4.98 Å². The minimum Gasteiger partial charge on any atom is -0.370 e. The Morgan fingerprint density at radius 3 is 2.76 bits per heavy atom. The highest BCUT2D eigenvalue weighted by molar-refractivity contribution is 5.60. The van der Waals surface area contributed by atoms with Gasteiger partial charge < -0.3 is 5.32 Å². The number of hydrogen-bond donors (Lipinski definition) is 1. The second kappa shape index (κ2) is 6.20. The van der Waals surface area contributed by atoms with E-state index in [1.54, 1.807) is 0 Å². The monoisotopic (exact) mass is 282 g/mol. The fourth-order valence-electron chi connectivity index (χ4n) is 2.99. The Kier molecular flexibility index (Phi) is 4.13. The number of anilines is 1. The Hall–Kier alpha value is -1.97. The van der Waals surface area contributed by atoms with Crippen molar-refractivity contribution < 1.29 is 0 Å². The zero-order valence-electron chi connectivity index (χ0n) is 12.8. The van der Waals surface area contributed by atoms with Crippen molar-refractivity contribution in [2.75, 3.05) is 11.9 Å². The van der Waals surface area contributed by atoms with Crippen LogP contribution < -0.4 is 5.32 Å². The molecule has 2 aromatic heterocycles. The summed E-state index contributed by atoms with van der Waals surface area (Å²) in [7, 11) is 0. The first-order valence-electron chi connectivity index (χ1n) is 7.81. The van der Waals surface area contributed by atoms with Crippen LogP contribution in [0.15, 0.2) is 24.5 Å². The van der Waals surface area contributed by atoms with Gasteiger partial charge in [0.2, 0.25) is 0 Å². The van der Waals surface area contributed by atoms with Gasteiger partial charge in [0.1, 0.15) is 5.82 Å². The molecule has 4 heteroatoms. The molecule has 0 radical (unpaired) electrons. The van der Waals surface area contributed by atoms with Crippen molar-refractivity contribution >= 4 is 5.82 Å². The van der Waals surface area contributed by atoms with E-state index in [2.05, 4.69) is 35.2 Å². The van der Waals surface area contributed by atoms with E-state index >= 15 is 0 Å². The quantitative estimate of drug-likeness (QED) is 0.923. The lowest BCUT2D eigenvalue weighted by Crippen LogP contribution is -2.06. The molecule has 0 bridgehead atoms. The van der Waals surface area contributed by atoms with Gasteiger partial charge in [0, 0.05) is 42.2 Å². The van der Waals surface area contributed by atoms with Crippen LogP contribution in [-0.4, -0.2) is 21.5 Å². The van der Waals surface area contributed by atoms with Crippen LogP contribution in [0.25, 0.3) is 11.4 Å². The maximum Gasteiger partial charge on any atom is 0.163 e. The van der Waals surface area contributed by atoms with Crippen LogP contribution in [0, 0.1) is 6.92 Å². The zero-order chi connectivity index (χ0) is 14.7. The summed E-state index contributed by atoms with van der Waals surface area (Å²) < 4.78 is 0. The molecule has 0 saturated heterocycles. The van der Waals surface area contributed by atoms with Crippen LogP contribution >= 0.6 is 0 Å². The maximum absolute atomic E-state index is 4.84. The van der Waals surface area contributed by atoms with Crippen LogP contribution in [0.4, 0.5) is 5.82 Å². The Morgan fingerprint density at radius 2 is 2.05 bits per heavy atom. The predicted molar refractivity (Wildman–Crippen MR) is 85.4 cm³/mol. The van der Waals surface area contributed by atoms with E-state index in [1.165, 1.54) is 31.4 Å². The molecule has 2 heterocycles. The zero-order valence-corrected chi connectivity index (χ0v) is 12.8. The van der Waals surface area contributed by atoms with Crippen molar-refractivity contribution in [2.24, 2.45) is 0 Å². The van der Waals surface area contributed by atoms with Gasteiger partial charge in [-0.25, -0.2) is 9.97 Å². The van der Waals surface area contributed by atoms with Gasteiger partial charge in [0.15, 0.2) is 5.82 Å². The molecule has 2 aromatic rings. The number of pyridine rings is 1. The Bertz CT molecular complexity index is 618. The van der Waals surface area contributed by atoms with Crippen LogP contribution in [0.2, 0.25) is 0 Å². The molecule has 1 saturated carbocycles. The minimum atomic E-state index is 0.584. The molecular formula is C17H22N4. The Balaban J connectivity index is 2.04. The van der Waals surface area contributed by atoms with Crippen molar-refractivity contribution in [3.63, 3.8) is 0 Å². The van der Waals surface area contributed by atoms with Crippen molar-refractivity contribution in [3.8, 4) is 11.4 Å². The highest BCUT2D eigenvalue weighted by atomic mass is 15.0. The topological polar surface area (TPSA) is 50.7 Å². The first-order chi connectivity index (χ1) is 10.3. The molecule has 0 atom stereocenters. The SMILES string of the molecule is CCNc1cc(C2CCCC2)nc(-c2cnccc2C)n1. The van der Waals surface area contributed by atoms with Crippen LogP contribution in [0.1, 0.15) is 49.8 Å². The summed E-state index contributed by atoms with van der Waals surface area (Å²) in [5, 5.41) is 3.33. The normalized spacial score (nSPS) is 15.3. The van der Waals surface area contributed by atoms with Gasteiger partial charge in [-0.2, -0.15) is 0 Å². The third-order valence-corrected chi connectivity index (χ3v) is 4.16. The van der Waals surface area contributed by atoms with Crippen LogP contribution in [0.5, 0.6) is 0 Å². The molecule has 1 aliphatic carbocycles. The molecule has 0 amide bonds. The molecule has 1 aliphatic rings. The number of aromatic nitrogens is 3. The molecular weight excluding hydrogens is 260 g/mol. The maximum atomic E-state index is 4.84. The average molecular weight is 282 g/mol. The third kappa shape index (κ3) is 3.04. The molecule has 4 nitrogen and oxygen atoms in total. The van der Waals surface area contributed by atoms with E-state index in [9.17, 15) is 0 Å². The largest absolute Gasteiger partial charge is 0.370 e. The van der Waals surface area contributed by atoms with Crippen molar-refractivity contribution in [1.29, 1.82) is 0 Å². The van der Waals surface area contributed by atoms with Crippen LogP contribution in [-0.2, 0) is 0 Å². The minimum absolute atomic E-state index is 0.584. The molecule has 0 unspecified atom stereocenters.